The number of halogens is 2. The Balaban J connectivity index is 1.79. The largest absolute Gasteiger partial charge is 0.332 e. The molecule has 1 aromatic carbocycles. The standard InChI is InChI=1S/C17H22Cl2N4/c18-13-4-5-14(15(19)10-13)17-16(11-20)23(12-21-17)9-8-22-6-2-1-3-7-22/h4-5,10,12H,1-3,6-9,11,20H2. The molecule has 0 atom stereocenters. The van der Waals surface area contributed by atoms with Crippen molar-refractivity contribution in [3.05, 3.63) is 40.3 Å². The van der Waals surface area contributed by atoms with E-state index in [2.05, 4.69) is 14.5 Å². The summed E-state index contributed by atoms with van der Waals surface area (Å²) in [4.78, 5) is 7.06. The first-order valence-electron chi connectivity index (χ1n) is 8.11. The molecule has 2 aromatic rings. The van der Waals surface area contributed by atoms with Crippen LogP contribution in [0, 0.1) is 0 Å². The predicted molar refractivity (Wildman–Crippen MR) is 95.9 cm³/mol. The van der Waals surface area contributed by atoms with Crippen molar-refractivity contribution < 1.29 is 0 Å². The first-order chi connectivity index (χ1) is 11.2. The highest BCUT2D eigenvalue weighted by Gasteiger charge is 2.16. The number of benzene rings is 1. The first kappa shape index (κ1) is 16.8. The molecule has 23 heavy (non-hydrogen) atoms. The molecule has 0 saturated carbocycles. The van der Waals surface area contributed by atoms with Crippen LogP contribution < -0.4 is 5.73 Å². The Morgan fingerprint density at radius 1 is 1.09 bits per heavy atom. The summed E-state index contributed by atoms with van der Waals surface area (Å²) in [7, 11) is 0. The zero-order valence-electron chi connectivity index (χ0n) is 13.1. The number of nitrogens with zero attached hydrogens (tertiary/aromatic N) is 3. The topological polar surface area (TPSA) is 47.1 Å². The fourth-order valence-electron chi connectivity index (χ4n) is 3.15. The van der Waals surface area contributed by atoms with E-state index in [4.69, 9.17) is 28.9 Å². The van der Waals surface area contributed by atoms with Gasteiger partial charge in [-0.3, -0.25) is 0 Å². The Bertz CT molecular complexity index is 663. The number of likely N-dealkylation sites (tertiary alicyclic amines) is 1. The van der Waals surface area contributed by atoms with Crippen molar-refractivity contribution >= 4 is 23.2 Å². The van der Waals surface area contributed by atoms with Gasteiger partial charge < -0.3 is 15.2 Å². The van der Waals surface area contributed by atoms with Crippen molar-refractivity contribution in [1.82, 2.24) is 14.5 Å². The second-order valence-electron chi connectivity index (χ2n) is 5.96. The zero-order chi connectivity index (χ0) is 16.2. The number of aromatic nitrogens is 2. The average molecular weight is 353 g/mol. The maximum absolute atomic E-state index is 6.32. The van der Waals surface area contributed by atoms with Gasteiger partial charge in [0.2, 0.25) is 0 Å². The third-order valence-corrected chi connectivity index (χ3v) is 4.98. The van der Waals surface area contributed by atoms with Gasteiger partial charge >= 0.3 is 0 Å². The molecule has 6 heteroatoms. The van der Waals surface area contributed by atoms with Crippen LogP contribution in [0.4, 0.5) is 0 Å². The molecule has 124 valence electrons. The molecule has 1 aliphatic heterocycles. The second kappa shape index (κ2) is 7.67. The maximum Gasteiger partial charge on any atom is 0.0956 e. The van der Waals surface area contributed by atoms with Crippen LogP contribution in [-0.4, -0.2) is 34.1 Å². The van der Waals surface area contributed by atoms with E-state index in [1.54, 1.807) is 6.07 Å². The Kier molecular flexibility index (Phi) is 5.59. The molecule has 2 heterocycles. The van der Waals surface area contributed by atoms with Crippen molar-refractivity contribution in [3.8, 4) is 11.3 Å². The number of nitrogens with two attached hydrogens (primary N) is 1. The van der Waals surface area contributed by atoms with Crippen LogP contribution in [0.15, 0.2) is 24.5 Å². The molecule has 0 amide bonds. The van der Waals surface area contributed by atoms with Crippen LogP contribution >= 0.6 is 23.2 Å². The van der Waals surface area contributed by atoms with Crippen LogP contribution in [0.25, 0.3) is 11.3 Å². The molecule has 3 rings (SSSR count). The molecule has 1 saturated heterocycles. The summed E-state index contributed by atoms with van der Waals surface area (Å²) < 4.78 is 2.15. The monoisotopic (exact) mass is 352 g/mol. The van der Waals surface area contributed by atoms with E-state index in [9.17, 15) is 0 Å². The summed E-state index contributed by atoms with van der Waals surface area (Å²) in [6.07, 6.45) is 5.83. The molecule has 1 fully saturated rings. The third-order valence-electron chi connectivity index (χ3n) is 4.43. The Morgan fingerprint density at radius 3 is 2.57 bits per heavy atom. The SMILES string of the molecule is NCc1c(-c2ccc(Cl)cc2Cl)ncn1CCN1CCCCC1. The van der Waals surface area contributed by atoms with Gasteiger partial charge in [-0.05, 0) is 44.1 Å². The molecular formula is C17H22Cl2N4. The molecule has 1 aliphatic rings. The fraction of sp³-hybridized carbons (Fsp3) is 0.471. The lowest BCUT2D eigenvalue weighted by Gasteiger charge is -2.26. The maximum atomic E-state index is 6.32. The number of imidazole rings is 1. The molecule has 2 N–H and O–H groups in total. The third kappa shape index (κ3) is 3.89. The minimum absolute atomic E-state index is 0.439. The van der Waals surface area contributed by atoms with E-state index in [0.717, 1.165) is 30.0 Å². The normalized spacial score (nSPS) is 16.0. The molecule has 0 aliphatic carbocycles. The molecule has 4 nitrogen and oxygen atoms in total. The number of hydrogen-bond acceptors (Lipinski definition) is 3. The zero-order valence-corrected chi connectivity index (χ0v) is 14.7. The number of piperidine rings is 1. The predicted octanol–water partition coefficient (Wildman–Crippen LogP) is 3.80. The lowest BCUT2D eigenvalue weighted by Crippen LogP contribution is -2.32. The van der Waals surface area contributed by atoms with Gasteiger partial charge in [-0.1, -0.05) is 29.6 Å². The van der Waals surface area contributed by atoms with Gasteiger partial charge in [-0.2, -0.15) is 0 Å². The van der Waals surface area contributed by atoms with Crippen LogP contribution in [0.1, 0.15) is 25.0 Å². The van der Waals surface area contributed by atoms with Gasteiger partial charge in [0.25, 0.3) is 0 Å². The summed E-state index contributed by atoms with van der Waals surface area (Å²) in [5.41, 5.74) is 8.74. The van der Waals surface area contributed by atoms with E-state index in [0.29, 0.717) is 16.6 Å². The minimum atomic E-state index is 0.439. The molecule has 0 unspecified atom stereocenters. The summed E-state index contributed by atoms with van der Waals surface area (Å²) in [5.74, 6) is 0. The summed E-state index contributed by atoms with van der Waals surface area (Å²) in [6.45, 7) is 4.78. The van der Waals surface area contributed by atoms with Crippen molar-refractivity contribution in [2.24, 2.45) is 5.73 Å². The number of rotatable bonds is 5. The van der Waals surface area contributed by atoms with E-state index in [1.165, 1.54) is 32.4 Å². The van der Waals surface area contributed by atoms with Gasteiger partial charge in [0.05, 0.1) is 22.7 Å². The molecule has 0 spiro atoms. The van der Waals surface area contributed by atoms with Gasteiger partial charge in [0.15, 0.2) is 0 Å². The first-order valence-corrected chi connectivity index (χ1v) is 8.86. The van der Waals surface area contributed by atoms with Crippen LogP contribution in [0.2, 0.25) is 10.0 Å². The molecule has 0 radical (unpaired) electrons. The highest BCUT2D eigenvalue weighted by atomic mass is 35.5. The Morgan fingerprint density at radius 2 is 1.87 bits per heavy atom. The van der Waals surface area contributed by atoms with Gasteiger partial charge in [0, 0.05) is 30.2 Å². The highest BCUT2D eigenvalue weighted by Crippen LogP contribution is 2.31. The Labute approximate surface area is 147 Å². The fourth-order valence-corrected chi connectivity index (χ4v) is 3.65. The van der Waals surface area contributed by atoms with Crippen LogP contribution in [-0.2, 0) is 13.1 Å². The second-order valence-corrected chi connectivity index (χ2v) is 6.81. The van der Waals surface area contributed by atoms with Gasteiger partial charge in [0.1, 0.15) is 0 Å². The summed E-state index contributed by atoms with van der Waals surface area (Å²) >= 11 is 12.3. The minimum Gasteiger partial charge on any atom is -0.332 e. The summed E-state index contributed by atoms with van der Waals surface area (Å²) in [6, 6.07) is 5.47. The van der Waals surface area contributed by atoms with E-state index in [1.807, 2.05) is 18.5 Å². The van der Waals surface area contributed by atoms with E-state index < -0.39 is 0 Å². The molecule has 1 aromatic heterocycles. The lowest BCUT2D eigenvalue weighted by atomic mass is 10.1. The van der Waals surface area contributed by atoms with E-state index >= 15 is 0 Å². The lowest BCUT2D eigenvalue weighted by molar-refractivity contribution is 0.220. The van der Waals surface area contributed by atoms with Crippen molar-refractivity contribution in [3.63, 3.8) is 0 Å². The van der Waals surface area contributed by atoms with Crippen molar-refractivity contribution in [2.45, 2.75) is 32.4 Å². The van der Waals surface area contributed by atoms with Crippen LogP contribution in [0.3, 0.4) is 0 Å². The van der Waals surface area contributed by atoms with Crippen molar-refractivity contribution in [1.29, 1.82) is 0 Å². The van der Waals surface area contributed by atoms with Crippen molar-refractivity contribution in [2.75, 3.05) is 19.6 Å². The molecular weight excluding hydrogens is 331 g/mol. The molecule has 0 bridgehead atoms. The van der Waals surface area contributed by atoms with Crippen LogP contribution in [0.5, 0.6) is 0 Å². The highest BCUT2D eigenvalue weighted by molar-refractivity contribution is 6.36. The smallest absolute Gasteiger partial charge is 0.0956 e. The van der Waals surface area contributed by atoms with Gasteiger partial charge in [-0.15, -0.1) is 0 Å². The number of hydrogen-bond donors (Lipinski definition) is 1. The average Bonchev–Trinajstić information content (AvgIpc) is 2.96. The Hall–Kier alpha value is -1.07. The van der Waals surface area contributed by atoms with E-state index in [-0.39, 0.29) is 0 Å². The van der Waals surface area contributed by atoms with Gasteiger partial charge in [-0.25, -0.2) is 4.98 Å². The quantitative estimate of drug-likeness (QED) is 0.889. The summed E-state index contributed by atoms with van der Waals surface area (Å²) in [5, 5.41) is 1.23.